The fourth-order valence-corrected chi connectivity index (χ4v) is 2.11. The van der Waals surface area contributed by atoms with Crippen molar-refractivity contribution in [2.45, 2.75) is 38.5 Å². The number of hydrogen-bond acceptors (Lipinski definition) is 5. The van der Waals surface area contributed by atoms with Crippen LogP contribution in [-0.2, 0) is 9.53 Å². The summed E-state index contributed by atoms with van der Waals surface area (Å²) in [5.41, 5.74) is 0. The highest BCUT2D eigenvalue weighted by molar-refractivity contribution is 6.30. The highest BCUT2D eigenvalue weighted by Gasteiger charge is 2.48. The van der Waals surface area contributed by atoms with Gasteiger partial charge >= 0.3 is 5.97 Å². The van der Waals surface area contributed by atoms with Crippen LogP contribution in [0.3, 0.4) is 0 Å². The summed E-state index contributed by atoms with van der Waals surface area (Å²) >= 11 is 5.80. The summed E-state index contributed by atoms with van der Waals surface area (Å²) in [5.74, 6) is -3.91. The average Bonchev–Trinajstić information content (AvgIpc) is 3.06. The van der Waals surface area contributed by atoms with Crippen LogP contribution < -0.4 is 4.74 Å². The van der Waals surface area contributed by atoms with Gasteiger partial charge in [0.05, 0.1) is 0 Å². The van der Waals surface area contributed by atoms with E-state index in [9.17, 15) is 13.6 Å². The number of esters is 1. The minimum absolute atomic E-state index is 0.268. The highest BCUT2D eigenvalue weighted by atomic mass is 35.5. The first-order chi connectivity index (χ1) is 11.3. The Kier molecular flexibility index (Phi) is 5.71. The Morgan fingerprint density at radius 1 is 1.38 bits per heavy atom. The van der Waals surface area contributed by atoms with Gasteiger partial charge in [0, 0.05) is 18.4 Å². The zero-order chi connectivity index (χ0) is 17.7. The molecule has 0 aliphatic heterocycles. The molecule has 2 aromatic rings. The van der Waals surface area contributed by atoms with Gasteiger partial charge in [-0.2, -0.15) is 5.10 Å². The number of halogens is 3. The van der Waals surface area contributed by atoms with Gasteiger partial charge < -0.3 is 9.47 Å². The first kappa shape index (κ1) is 18.1. The van der Waals surface area contributed by atoms with Gasteiger partial charge in [0.2, 0.25) is 12.3 Å². The molecule has 0 bridgehead atoms. The lowest BCUT2D eigenvalue weighted by Gasteiger charge is -2.32. The van der Waals surface area contributed by atoms with Gasteiger partial charge in [-0.15, -0.1) is 0 Å². The third kappa shape index (κ3) is 4.41. The van der Waals surface area contributed by atoms with Crippen LogP contribution in [0.25, 0.3) is 0 Å². The van der Waals surface area contributed by atoms with Gasteiger partial charge in [-0.1, -0.05) is 18.5 Å². The maximum absolute atomic E-state index is 14.3. The van der Waals surface area contributed by atoms with Crippen molar-refractivity contribution in [2.75, 3.05) is 0 Å². The van der Waals surface area contributed by atoms with E-state index < -0.39 is 30.6 Å². The van der Waals surface area contributed by atoms with E-state index >= 15 is 0 Å². The lowest BCUT2D eigenvalue weighted by atomic mass is 10.1. The second-order valence-electron chi connectivity index (χ2n) is 4.98. The summed E-state index contributed by atoms with van der Waals surface area (Å²) in [5, 5.41) is 4.30. The molecule has 6 nitrogen and oxygen atoms in total. The maximum atomic E-state index is 14.3. The second kappa shape index (κ2) is 7.57. The summed E-state index contributed by atoms with van der Waals surface area (Å²) in [6.45, 7) is 2.34. The Bertz CT molecular complexity index is 665. The average molecular weight is 360 g/mol. The molecule has 130 valence electrons. The number of nitrogens with zero attached hydrogens (tertiary/aromatic N) is 3. The van der Waals surface area contributed by atoms with Crippen molar-refractivity contribution in [3.63, 3.8) is 0 Å². The minimum atomic E-state index is -3.32. The molecule has 0 N–H and O–H groups in total. The maximum Gasteiger partial charge on any atom is 0.303 e. The molecule has 0 saturated carbocycles. The van der Waals surface area contributed by atoms with Crippen LogP contribution in [0.2, 0.25) is 5.02 Å². The monoisotopic (exact) mass is 359 g/mol. The Hall–Kier alpha value is -2.22. The Morgan fingerprint density at radius 3 is 2.54 bits per heavy atom. The lowest BCUT2D eigenvalue weighted by Crippen LogP contribution is -2.45. The molecule has 0 spiro atoms. The molecule has 1 aromatic heterocycles. The molecule has 2 unspecified atom stereocenters. The number of ether oxygens (including phenoxy) is 2. The largest absolute Gasteiger partial charge is 0.464 e. The van der Waals surface area contributed by atoms with Gasteiger partial charge in [0.15, 0.2) is 0 Å². The normalized spacial score (nSPS) is 14.0. The standard InChI is InChI=1S/C15H16ClF2N3O3/c1-3-15(17,18)13(23-10(2)22)14(21-9-19-8-20-21)24-12-6-4-11(16)5-7-12/h4-9,13-14H,3H2,1-2H3. The van der Waals surface area contributed by atoms with E-state index in [1.54, 1.807) is 12.1 Å². The van der Waals surface area contributed by atoms with E-state index in [1.165, 1.54) is 31.7 Å². The van der Waals surface area contributed by atoms with Crippen LogP contribution in [0, 0.1) is 0 Å². The molecule has 0 saturated heterocycles. The van der Waals surface area contributed by atoms with Crippen molar-refractivity contribution < 1.29 is 23.0 Å². The van der Waals surface area contributed by atoms with Crippen molar-refractivity contribution in [1.29, 1.82) is 0 Å². The minimum Gasteiger partial charge on any atom is -0.464 e. The van der Waals surface area contributed by atoms with Crippen molar-refractivity contribution >= 4 is 17.6 Å². The molecule has 2 rings (SSSR count). The van der Waals surface area contributed by atoms with Crippen molar-refractivity contribution in [3.8, 4) is 5.75 Å². The van der Waals surface area contributed by atoms with Gasteiger partial charge in [0.1, 0.15) is 18.4 Å². The quantitative estimate of drug-likeness (QED) is 0.708. The van der Waals surface area contributed by atoms with Crippen LogP contribution >= 0.6 is 11.6 Å². The zero-order valence-corrected chi connectivity index (χ0v) is 13.8. The number of carbonyl (C=O) groups is 1. The first-order valence-electron chi connectivity index (χ1n) is 7.15. The Labute approximate surface area is 142 Å². The summed E-state index contributed by atoms with van der Waals surface area (Å²) in [7, 11) is 0. The molecule has 0 aliphatic rings. The summed E-state index contributed by atoms with van der Waals surface area (Å²) in [6, 6.07) is 6.13. The van der Waals surface area contributed by atoms with Crippen molar-refractivity contribution in [1.82, 2.24) is 14.8 Å². The van der Waals surface area contributed by atoms with E-state index in [-0.39, 0.29) is 5.75 Å². The van der Waals surface area contributed by atoms with Crippen LogP contribution in [0.1, 0.15) is 26.5 Å². The van der Waals surface area contributed by atoms with E-state index in [0.29, 0.717) is 5.02 Å². The first-order valence-corrected chi connectivity index (χ1v) is 7.52. The SMILES string of the molecule is CCC(F)(F)C(OC(C)=O)C(Oc1ccc(Cl)cc1)n1cncn1. The predicted molar refractivity (Wildman–Crippen MR) is 81.9 cm³/mol. The molecule has 0 radical (unpaired) electrons. The smallest absolute Gasteiger partial charge is 0.303 e. The molecule has 9 heteroatoms. The zero-order valence-electron chi connectivity index (χ0n) is 13.0. The fraction of sp³-hybridized carbons (Fsp3) is 0.400. The molecule has 24 heavy (non-hydrogen) atoms. The number of benzene rings is 1. The predicted octanol–water partition coefficient (Wildman–Crippen LogP) is 3.49. The molecule has 1 aromatic carbocycles. The molecule has 2 atom stereocenters. The number of carbonyl (C=O) groups excluding carboxylic acids is 1. The summed E-state index contributed by atoms with van der Waals surface area (Å²) < 4.78 is 40.2. The third-order valence-electron chi connectivity index (χ3n) is 3.21. The summed E-state index contributed by atoms with van der Waals surface area (Å²) in [4.78, 5) is 15.0. The number of aromatic nitrogens is 3. The van der Waals surface area contributed by atoms with E-state index in [4.69, 9.17) is 21.1 Å². The third-order valence-corrected chi connectivity index (χ3v) is 3.46. The van der Waals surface area contributed by atoms with Crippen molar-refractivity contribution in [2.24, 2.45) is 0 Å². The molecule has 0 amide bonds. The molecule has 0 aliphatic carbocycles. The van der Waals surface area contributed by atoms with Gasteiger partial charge in [-0.3, -0.25) is 4.79 Å². The lowest BCUT2D eigenvalue weighted by molar-refractivity contribution is -0.199. The van der Waals surface area contributed by atoms with Gasteiger partial charge in [-0.25, -0.2) is 18.4 Å². The molecular formula is C15H16ClF2N3O3. The van der Waals surface area contributed by atoms with Crippen LogP contribution in [0.15, 0.2) is 36.9 Å². The van der Waals surface area contributed by atoms with E-state index in [0.717, 1.165) is 11.6 Å². The fourth-order valence-electron chi connectivity index (χ4n) is 1.99. The Balaban J connectivity index is 2.39. The highest BCUT2D eigenvalue weighted by Crippen LogP contribution is 2.34. The topological polar surface area (TPSA) is 66.2 Å². The van der Waals surface area contributed by atoms with Crippen LogP contribution in [0.5, 0.6) is 5.75 Å². The van der Waals surface area contributed by atoms with E-state index in [2.05, 4.69) is 10.1 Å². The number of hydrogen-bond donors (Lipinski definition) is 0. The van der Waals surface area contributed by atoms with Crippen LogP contribution in [0.4, 0.5) is 8.78 Å². The number of rotatable bonds is 7. The molecule has 0 fully saturated rings. The van der Waals surface area contributed by atoms with Gasteiger partial charge in [0.25, 0.3) is 5.92 Å². The van der Waals surface area contributed by atoms with E-state index in [1.807, 2.05) is 0 Å². The molecular weight excluding hydrogens is 344 g/mol. The number of alkyl halides is 2. The second-order valence-corrected chi connectivity index (χ2v) is 5.42. The summed E-state index contributed by atoms with van der Waals surface area (Å²) in [6.07, 6.45) is -1.43. The van der Waals surface area contributed by atoms with Crippen molar-refractivity contribution in [3.05, 3.63) is 41.9 Å². The molecule has 1 heterocycles. The Morgan fingerprint density at radius 2 is 2.04 bits per heavy atom. The van der Waals surface area contributed by atoms with Gasteiger partial charge in [-0.05, 0) is 24.3 Å². The van der Waals surface area contributed by atoms with Crippen LogP contribution in [-0.4, -0.2) is 32.8 Å².